The standard InChI is InChI=1S/C12H17N3O2S3/c1-2-7-20(16,17)15-12-14-10(8-18-12)11-4-3-9(19-11)5-6-13/h3-4,8H,2,5-7,13H2,1H3,(H,14,15). The average Bonchev–Trinajstić information content (AvgIpc) is 2.98. The molecule has 2 aromatic heterocycles. The van der Waals surface area contributed by atoms with Crippen LogP contribution in [0.4, 0.5) is 5.13 Å². The SMILES string of the molecule is CCCS(=O)(=O)Nc1nc(-c2ccc(CCN)s2)cs1. The first-order valence-corrected chi connectivity index (χ1v) is 9.64. The Morgan fingerprint density at radius 1 is 1.40 bits per heavy atom. The average molecular weight is 331 g/mol. The molecule has 0 aromatic carbocycles. The van der Waals surface area contributed by atoms with Crippen LogP contribution in [0.2, 0.25) is 0 Å². The number of thiophene rings is 1. The summed E-state index contributed by atoms with van der Waals surface area (Å²) >= 11 is 2.94. The predicted octanol–water partition coefficient (Wildman–Crippen LogP) is 2.52. The van der Waals surface area contributed by atoms with E-state index in [0.29, 0.717) is 18.1 Å². The van der Waals surface area contributed by atoms with Crippen LogP contribution in [0.15, 0.2) is 17.5 Å². The molecule has 5 nitrogen and oxygen atoms in total. The van der Waals surface area contributed by atoms with Gasteiger partial charge in [-0.05, 0) is 31.5 Å². The lowest BCUT2D eigenvalue weighted by atomic mass is 10.3. The zero-order valence-electron chi connectivity index (χ0n) is 11.1. The van der Waals surface area contributed by atoms with Crippen LogP contribution in [0.1, 0.15) is 18.2 Å². The highest BCUT2D eigenvalue weighted by Crippen LogP contribution is 2.31. The summed E-state index contributed by atoms with van der Waals surface area (Å²) in [4.78, 5) is 6.57. The van der Waals surface area contributed by atoms with Crippen LogP contribution in [0.25, 0.3) is 10.6 Å². The molecule has 0 aliphatic carbocycles. The van der Waals surface area contributed by atoms with Gasteiger partial charge in [0.05, 0.1) is 16.3 Å². The van der Waals surface area contributed by atoms with Crippen molar-refractivity contribution in [3.05, 3.63) is 22.4 Å². The number of thiazole rings is 1. The summed E-state index contributed by atoms with van der Waals surface area (Å²) in [5.41, 5.74) is 6.33. The second-order valence-corrected chi connectivity index (χ2v) is 8.13. The van der Waals surface area contributed by atoms with Gasteiger partial charge in [-0.3, -0.25) is 4.72 Å². The first-order valence-electron chi connectivity index (χ1n) is 6.29. The first kappa shape index (κ1) is 15.4. The summed E-state index contributed by atoms with van der Waals surface area (Å²) in [6.45, 7) is 2.45. The lowest BCUT2D eigenvalue weighted by Crippen LogP contribution is -2.15. The van der Waals surface area contributed by atoms with Crippen molar-refractivity contribution in [2.45, 2.75) is 19.8 Å². The normalized spacial score (nSPS) is 11.7. The second kappa shape index (κ2) is 6.66. The summed E-state index contributed by atoms with van der Waals surface area (Å²) in [5, 5.41) is 2.28. The number of hydrogen-bond acceptors (Lipinski definition) is 6. The molecular formula is C12H17N3O2S3. The largest absolute Gasteiger partial charge is 0.330 e. The summed E-state index contributed by atoms with van der Waals surface area (Å²) in [6, 6.07) is 4.03. The molecule has 0 radical (unpaired) electrons. The van der Waals surface area contributed by atoms with Crippen LogP contribution in [-0.2, 0) is 16.4 Å². The van der Waals surface area contributed by atoms with E-state index in [1.165, 1.54) is 16.2 Å². The minimum atomic E-state index is -3.27. The van der Waals surface area contributed by atoms with Crippen molar-refractivity contribution >= 4 is 37.8 Å². The number of nitrogens with two attached hydrogens (primary N) is 1. The molecule has 0 unspecified atom stereocenters. The molecule has 0 spiro atoms. The van der Waals surface area contributed by atoms with Gasteiger partial charge in [-0.15, -0.1) is 22.7 Å². The minimum Gasteiger partial charge on any atom is -0.330 e. The van der Waals surface area contributed by atoms with Gasteiger partial charge in [0.15, 0.2) is 5.13 Å². The molecule has 2 aromatic rings. The van der Waals surface area contributed by atoms with E-state index in [0.717, 1.165) is 17.0 Å². The molecule has 0 saturated carbocycles. The predicted molar refractivity (Wildman–Crippen MR) is 85.9 cm³/mol. The van der Waals surface area contributed by atoms with E-state index in [9.17, 15) is 8.42 Å². The summed E-state index contributed by atoms with van der Waals surface area (Å²) in [6.07, 6.45) is 1.44. The molecule has 3 N–H and O–H groups in total. The number of sulfonamides is 1. The molecule has 0 aliphatic heterocycles. The monoisotopic (exact) mass is 331 g/mol. The molecular weight excluding hydrogens is 314 g/mol. The van der Waals surface area contributed by atoms with Crippen LogP contribution in [0.5, 0.6) is 0 Å². The topological polar surface area (TPSA) is 85.1 Å². The van der Waals surface area contributed by atoms with E-state index in [2.05, 4.69) is 9.71 Å². The van der Waals surface area contributed by atoms with Crippen molar-refractivity contribution < 1.29 is 8.42 Å². The Labute approximate surface area is 126 Å². The van der Waals surface area contributed by atoms with Gasteiger partial charge >= 0.3 is 0 Å². The molecule has 2 heterocycles. The highest BCUT2D eigenvalue weighted by molar-refractivity contribution is 7.92. The van der Waals surface area contributed by atoms with E-state index in [-0.39, 0.29) is 5.75 Å². The van der Waals surface area contributed by atoms with Gasteiger partial charge in [-0.1, -0.05) is 6.92 Å². The molecule has 20 heavy (non-hydrogen) atoms. The Kier molecular flexibility index (Phi) is 5.14. The van der Waals surface area contributed by atoms with Gasteiger partial charge in [0.2, 0.25) is 10.0 Å². The van der Waals surface area contributed by atoms with Gasteiger partial charge in [-0.2, -0.15) is 0 Å². The fourth-order valence-corrected chi connectivity index (χ4v) is 4.82. The van der Waals surface area contributed by atoms with E-state index in [1.807, 2.05) is 24.4 Å². The van der Waals surface area contributed by atoms with Gasteiger partial charge in [0.25, 0.3) is 0 Å². The zero-order valence-corrected chi connectivity index (χ0v) is 13.6. The Hall–Kier alpha value is -0.960. The number of rotatable bonds is 7. The van der Waals surface area contributed by atoms with Gasteiger partial charge < -0.3 is 5.73 Å². The third-order valence-corrected chi connectivity index (χ3v) is 6.03. The van der Waals surface area contributed by atoms with E-state index in [1.54, 1.807) is 11.3 Å². The van der Waals surface area contributed by atoms with Crippen LogP contribution in [0.3, 0.4) is 0 Å². The van der Waals surface area contributed by atoms with E-state index < -0.39 is 10.0 Å². The quantitative estimate of drug-likeness (QED) is 0.816. The maximum atomic E-state index is 11.7. The van der Waals surface area contributed by atoms with Gasteiger partial charge in [0.1, 0.15) is 0 Å². The smallest absolute Gasteiger partial charge is 0.234 e. The summed E-state index contributed by atoms with van der Waals surface area (Å²) in [7, 11) is -3.27. The van der Waals surface area contributed by atoms with E-state index in [4.69, 9.17) is 5.73 Å². The maximum absolute atomic E-state index is 11.7. The minimum absolute atomic E-state index is 0.113. The van der Waals surface area contributed by atoms with Crippen molar-refractivity contribution in [2.24, 2.45) is 5.73 Å². The fraction of sp³-hybridized carbons (Fsp3) is 0.417. The molecule has 110 valence electrons. The molecule has 0 saturated heterocycles. The molecule has 0 amide bonds. The molecule has 0 fully saturated rings. The number of nitrogens with one attached hydrogen (secondary N) is 1. The van der Waals surface area contributed by atoms with Gasteiger partial charge in [0, 0.05) is 10.3 Å². The number of aromatic nitrogens is 1. The summed E-state index contributed by atoms with van der Waals surface area (Å²) < 4.78 is 25.9. The zero-order chi connectivity index (χ0) is 14.6. The Balaban J connectivity index is 2.12. The highest BCUT2D eigenvalue weighted by atomic mass is 32.2. The van der Waals surface area contributed by atoms with Crippen LogP contribution in [0, 0.1) is 0 Å². The Morgan fingerprint density at radius 3 is 2.90 bits per heavy atom. The molecule has 0 aliphatic rings. The fourth-order valence-electron chi connectivity index (χ4n) is 1.68. The Morgan fingerprint density at radius 2 is 2.20 bits per heavy atom. The van der Waals surface area contributed by atoms with Crippen LogP contribution in [-0.4, -0.2) is 25.7 Å². The lowest BCUT2D eigenvalue weighted by molar-refractivity contribution is 0.600. The lowest BCUT2D eigenvalue weighted by Gasteiger charge is -2.02. The number of anilines is 1. The second-order valence-electron chi connectivity index (χ2n) is 4.26. The Bertz CT molecular complexity index is 661. The highest BCUT2D eigenvalue weighted by Gasteiger charge is 2.13. The summed E-state index contributed by atoms with van der Waals surface area (Å²) in [5.74, 6) is 0.113. The first-order chi connectivity index (χ1) is 9.54. The molecule has 2 rings (SSSR count). The van der Waals surface area contributed by atoms with Gasteiger partial charge in [-0.25, -0.2) is 13.4 Å². The van der Waals surface area contributed by atoms with Crippen LogP contribution < -0.4 is 10.5 Å². The number of nitrogens with zero attached hydrogens (tertiary/aromatic N) is 1. The van der Waals surface area contributed by atoms with Crippen molar-refractivity contribution in [1.29, 1.82) is 0 Å². The molecule has 0 atom stereocenters. The third kappa shape index (κ3) is 4.02. The molecule has 0 bridgehead atoms. The van der Waals surface area contributed by atoms with E-state index >= 15 is 0 Å². The van der Waals surface area contributed by atoms with Crippen molar-refractivity contribution in [3.63, 3.8) is 0 Å². The third-order valence-electron chi connectivity index (χ3n) is 2.52. The van der Waals surface area contributed by atoms with Crippen molar-refractivity contribution in [3.8, 4) is 10.6 Å². The van der Waals surface area contributed by atoms with Crippen molar-refractivity contribution in [1.82, 2.24) is 4.98 Å². The van der Waals surface area contributed by atoms with Crippen molar-refractivity contribution in [2.75, 3.05) is 17.0 Å². The van der Waals surface area contributed by atoms with Crippen LogP contribution >= 0.6 is 22.7 Å². The number of hydrogen-bond donors (Lipinski definition) is 2. The maximum Gasteiger partial charge on any atom is 0.234 e. The molecule has 8 heteroatoms.